The van der Waals surface area contributed by atoms with Gasteiger partial charge in [0.15, 0.2) is 0 Å². The van der Waals surface area contributed by atoms with E-state index in [9.17, 15) is 8.42 Å². The summed E-state index contributed by atoms with van der Waals surface area (Å²) in [6.45, 7) is 0.864. The Morgan fingerprint density at radius 3 is 2.80 bits per heavy atom. The van der Waals surface area contributed by atoms with Crippen LogP contribution in [0.4, 0.5) is 0 Å². The smallest absolute Gasteiger partial charge is 0.240 e. The Morgan fingerprint density at radius 1 is 1.30 bits per heavy atom. The number of sulfonamides is 1. The third-order valence-electron chi connectivity index (χ3n) is 2.79. The van der Waals surface area contributed by atoms with Crippen LogP contribution in [0.2, 0.25) is 0 Å². The van der Waals surface area contributed by atoms with Crippen LogP contribution in [0.25, 0.3) is 0 Å². The first-order valence-electron chi connectivity index (χ1n) is 6.23. The average Bonchev–Trinajstić information content (AvgIpc) is 2.92. The molecule has 0 radical (unpaired) electrons. The van der Waals surface area contributed by atoms with Crippen molar-refractivity contribution >= 4 is 21.4 Å². The summed E-state index contributed by atoms with van der Waals surface area (Å²) in [6, 6.07) is 7.00. The van der Waals surface area contributed by atoms with Gasteiger partial charge in [-0.15, -0.1) is 11.3 Å². The molecule has 0 saturated heterocycles. The molecule has 20 heavy (non-hydrogen) atoms. The highest BCUT2D eigenvalue weighted by atomic mass is 32.2. The minimum atomic E-state index is -3.48. The number of rotatable bonds is 7. The number of hydrogen-bond donors (Lipinski definition) is 2. The summed E-state index contributed by atoms with van der Waals surface area (Å²) in [7, 11) is -1.69. The number of aromatic nitrogens is 1. The largest absolute Gasteiger partial charge is 0.316 e. The van der Waals surface area contributed by atoms with Crippen LogP contribution in [0.1, 0.15) is 11.3 Å². The molecule has 2 N–H and O–H groups in total. The van der Waals surface area contributed by atoms with E-state index in [1.165, 1.54) is 11.3 Å². The zero-order valence-electron chi connectivity index (χ0n) is 11.2. The molecule has 1 aromatic carbocycles. The minimum absolute atomic E-state index is 0.327. The summed E-state index contributed by atoms with van der Waals surface area (Å²) < 4.78 is 27.2. The van der Waals surface area contributed by atoms with E-state index in [-0.39, 0.29) is 0 Å². The first kappa shape index (κ1) is 15.1. The summed E-state index contributed by atoms with van der Waals surface area (Å²) in [5.41, 5.74) is 3.41. The molecule has 0 fully saturated rings. The van der Waals surface area contributed by atoms with Crippen molar-refractivity contribution in [1.82, 2.24) is 15.0 Å². The Hall–Kier alpha value is -1.28. The Labute approximate surface area is 123 Å². The lowest BCUT2D eigenvalue weighted by atomic mass is 10.2. The fourth-order valence-corrected chi connectivity index (χ4v) is 3.72. The SMILES string of the molecule is CNCc1ccccc1S(=O)(=O)NCCc1cscn1. The number of nitrogens with one attached hydrogen (secondary N) is 2. The zero-order chi connectivity index (χ0) is 14.4. The third-order valence-corrected chi connectivity index (χ3v) is 4.98. The van der Waals surface area contributed by atoms with Crippen molar-refractivity contribution in [2.75, 3.05) is 13.6 Å². The Bertz CT molecular complexity index is 639. The fourth-order valence-electron chi connectivity index (χ4n) is 1.85. The molecule has 5 nitrogen and oxygen atoms in total. The lowest BCUT2D eigenvalue weighted by Gasteiger charge is -2.10. The maximum atomic E-state index is 12.3. The first-order chi connectivity index (χ1) is 9.63. The van der Waals surface area contributed by atoms with Crippen LogP contribution in [0, 0.1) is 0 Å². The van der Waals surface area contributed by atoms with Crippen LogP contribution >= 0.6 is 11.3 Å². The molecule has 0 amide bonds. The van der Waals surface area contributed by atoms with Gasteiger partial charge in [-0.3, -0.25) is 0 Å². The highest BCUT2D eigenvalue weighted by Gasteiger charge is 2.17. The molecular formula is C13H17N3O2S2. The molecule has 1 heterocycles. The fraction of sp³-hybridized carbons (Fsp3) is 0.308. The van der Waals surface area contributed by atoms with Crippen molar-refractivity contribution in [1.29, 1.82) is 0 Å². The maximum Gasteiger partial charge on any atom is 0.240 e. The van der Waals surface area contributed by atoms with Gasteiger partial charge in [-0.05, 0) is 18.7 Å². The van der Waals surface area contributed by atoms with Gasteiger partial charge in [0.25, 0.3) is 0 Å². The van der Waals surface area contributed by atoms with Crippen molar-refractivity contribution in [2.24, 2.45) is 0 Å². The predicted molar refractivity (Wildman–Crippen MR) is 80.2 cm³/mol. The van der Waals surface area contributed by atoms with E-state index < -0.39 is 10.0 Å². The highest BCUT2D eigenvalue weighted by molar-refractivity contribution is 7.89. The Morgan fingerprint density at radius 2 is 2.10 bits per heavy atom. The molecule has 2 rings (SSSR count). The van der Waals surface area contributed by atoms with E-state index in [4.69, 9.17) is 0 Å². The van der Waals surface area contributed by atoms with Gasteiger partial charge in [-0.1, -0.05) is 18.2 Å². The van der Waals surface area contributed by atoms with Crippen molar-refractivity contribution in [3.05, 3.63) is 46.4 Å². The summed E-state index contributed by atoms with van der Waals surface area (Å²) in [4.78, 5) is 4.46. The maximum absolute atomic E-state index is 12.3. The molecule has 1 aromatic heterocycles. The molecule has 0 bridgehead atoms. The molecule has 0 spiro atoms. The van der Waals surface area contributed by atoms with Crippen molar-refractivity contribution in [2.45, 2.75) is 17.9 Å². The molecule has 0 aliphatic rings. The Balaban J connectivity index is 2.06. The van der Waals surface area contributed by atoms with Crippen LogP contribution in [0.3, 0.4) is 0 Å². The van der Waals surface area contributed by atoms with Crippen LogP contribution < -0.4 is 10.0 Å². The average molecular weight is 311 g/mol. The van der Waals surface area contributed by atoms with Gasteiger partial charge in [0.2, 0.25) is 10.0 Å². The topological polar surface area (TPSA) is 71.1 Å². The number of thiazole rings is 1. The van der Waals surface area contributed by atoms with Gasteiger partial charge in [0.05, 0.1) is 16.1 Å². The monoisotopic (exact) mass is 311 g/mol. The van der Waals surface area contributed by atoms with Gasteiger partial charge >= 0.3 is 0 Å². The molecule has 0 atom stereocenters. The highest BCUT2D eigenvalue weighted by Crippen LogP contribution is 2.15. The van der Waals surface area contributed by atoms with Gasteiger partial charge in [-0.2, -0.15) is 0 Å². The molecular weight excluding hydrogens is 294 g/mol. The quantitative estimate of drug-likeness (QED) is 0.810. The molecule has 7 heteroatoms. The van der Waals surface area contributed by atoms with E-state index in [1.807, 2.05) is 17.5 Å². The molecule has 108 valence electrons. The third kappa shape index (κ3) is 3.86. The van der Waals surface area contributed by atoms with Crippen molar-refractivity contribution in [3.63, 3.8) is 0 Å². The standard InChI is InChI=1S/C13H17N3O2S2/c1-14-8-11-4-2-3-5-13(11)20(17,18)16-7-6-12-9-19-10-15-12/h2-5,9-10,14,16H,6-8H2,1H3. The zero-order valence-corrected chi connectivity index (χ0v) is 12.8. The van der Waals surface area contributed by atoms with Crippen LogP contribution in [0.15, 0.2) is 40.1 Å². The molecule has 0 unspecified atom stereocenters. The van der Waals surface area contributed by atoms with Gasteiger partial charge < -0.3 is 5.32 Å². The van der Waals surface area contributed by atoms with E-state index in [2.05, 4.69) is 15.0 Å². The first-order valence-corrected chi connectivity index (χ1v) is 8.65. The minimum Gasteiger partial charge on any atom is -0.316 e. The van der Waals surface area contributed by atoms with E-state index >= 15 is 0 Å². The second-order valence-corrected chi connectivity index (χ2v) is 6.72. The van der Waals surface area contributed by atoms with E-state index in [0.717, 1.165) is 11.3 Å². The summed E-state index contributed by atoms with van der Waals surface area (Å²) >= 11 is 1.51. The van der Waals surface area contributed by atoms with Gasteiger partial charge in [0, 0.05) is 24.9 Å². The number of benzene rings is 1. The van der Waals surface area contributed by atoms with Crippen molar-refractivity contribution in [3.8, 4) is 0 Å². The van der Waals surface area contributed by atoms with Gasteiger partial charge in [-0.25, -0.2) is 18.1 Å². The molecule has 0 saturated carbocycles. The Kier molecular flexibility index (Phi) is 5.24. The lowest BCUT2D eigenvalue weighted by Crippen LogP contribution is -2.27. The molecule has 0 aliphatic heterocycles. The van der Waals surface area contributed by atoms with Crippen LogP contribution in [-0.2, 0) is 23.0 Å². The number of nitrogens with zero attached hydrogens (tertiary/aromatic N) is 1. The van der Waals surface area contributed by atoms with Crippen LogP contribution in [-0.4, -0.2) is 27.0 Å². The second-order valence-electron chi connectivity index (χ2n) is 4.27. The van der Waals surface area contributed by atoms with Gasteiger partial charge in [0.1, 0.15) is 0 Å². The molecule has 0 aliphatic carbocycles. The normalized spacial score (nSPS) is 11.7. The van der Waals surface area contributed by atoms with E-state index in [0.29, 0.717) is 24.4 Å². The summed E-state index contributed by atoms with van der Waals surface area (Å²) in [6.07, 6.45) is 0.594. The van der Waals surface area contributed by atoms with E-state index in [1.54, 1.807) is 24.7 Å². The van der Waals surface area contributed by atoms with Crippen LogP contribution in [0.5, 0.6) is 0 Å². The van der Waals surface area contributed by atoms with Crippen molar-refractivity contribution < 1.29 is 8.42 Å². The number of hydrogen-bond acceptors (Lipinski definition) is 5. The summed E-state index contributed by atoms with van der Waals surface area (Å²) in [5.74, 6) is 0. The lowest BCUT2D eigenvalue weighted by molar-refractivity contribution is 0.579. The summed E-state index contributed by atoms with van der Waals surface area (Å²) in [5, 5.41) is 4.89. The predicted octanol–water partition coefficient (Wildman–Crippen LogP) is 1.38. The molecule has 2 aromatic rings. The second kappa shape index (κ2) is 6.94.